The van der Waals surface area contributed by atoms with Gasteiger partial charge in [-0.15, -0.1) is 0 Å². The summed E-state index contributed by atoms with van der Waals surface area (Å²) in [6.45, 7) is 5.37. The third kappa shape index (κ3) is 4.94. The maximum Gasteiger partial charge on any atom is 0.295 e. The number of benzene rings is 2. The molecule has 1 atom stereocenters. The van der Waals surface area contributed by atoms with Crippen LogP contribution in [0.1, 0.15) is 48.9 Å². The molecule has 0 radical (unpaired) electrons. The number of hydrogen-bond donors (Lipinski definition) is 1. The van der Waals surface area contributed by atoms with Gasteiger partial charge >= 0.3 is 0 Å². The molecule has 1 amide bonds. The lowest BCUT2D eigenvalue weighted by Gasteiger charge is -2.26. The molecule has 1 aliphatic rings. The Kier molecular flexibility index (Phi) is 7.99. The number of ether oxygens (including phenoxy) is 2. The van der Waals surface area contributed by atoms with Gasteiger partial charge in [-0.2, -0.15) is 0 Å². The quantitative estimate of drug-likeness (QED) is 0.339. The fourth-order valence-electron chi connectivity index (χ4n) is 4.30. The molecular formula is C27H34N2O5. The van der Waals surface area contributed by atoms with Gasteiger partial charge in [-0.1, -0.05) is 44.2 Å². The van der Waals surface area contributed by atoms with Gasteiger partial charge in [0.25, 0.3) is 11.7 Å². The molecule has 1 unspecified atom stereocenters. The van der Waals surface area contributed by atoms with Gasteiger partial charge in [-0.3, -0.25) is 9.59 Å². The van der Waals surface area contributed by atoms with Crippen LogP contribution >= 0.6 is 0 Å². The van der Waals surface area contributed by atoms with E-state index in [2.05, 4.69) is 13.8 Å². The number of ketones is 1. The molecule has 1 saturated heterocycles. The Labute approximate surface area is 201 Å². The van der Waals surface area contributed by atoms with Crippen LogP contribution in [0.25, 0.3) is 5.76 Å². The second-order valence-electron chi connectivity index (χ2n) is 9.01. The first-order chi connectivity index (χ1) is 16.2. The fourth-order valence-corrected chi connectivity index (χ4v) is 4.30. The van der Waals surface area contributed by atoms with Crippen molar-refractivity contribution in [3.63, 3.8) is 0 Å². The number of carbonyl (C=O) groups excluding carboxylic acids is 2. The van der Waals surface area contributed by atoms with Crippen LogP contribution in [0.2, 0.25) is 0 Å². The van der Waals surface area contributed by atoms with Gasteiger partial charge in [0.15, 0.2) is 0 Å². The van der Waals surface area contributed by atoms with Gasteiger partial charge in [0.05, 0.1) is 25.8 Å². The maximum atomic E-state index is 13.3. The number of aliphatic hydroxyl groups is 1. The highest BCUT2D eigenvalue weighted by Gasteiger charge is 2.46. The van der Waals surface area contributed by atoms with Gasteiger partial charge < -0.3 is 24.4 Å². The van der Waals surface area contributed by atoms with E-state index in [1.807, 2.05) is 43.3 Å². The number of aliphatic hydroxyl groups excluding tert-OH is 1. The van der Waals surface area contributed by atoms with Crippen molar-refractivity contribution in [2.75, 3.05) is 41.4 Å². The highest BCUT2D eigenvalue weighted by molar-refractivity contribution is 6.46. The van der Waals surface area contributed by atoms with Crippen molar-refractivity contribution in [1.82, 2.24) is 9.80 Å². The van der Waals surface area contributed by atoms with Crippen molar-refractivity contribution in [1.29, 1.82) is 0 Å². The molecule has 1 heterocycles. The van der Waals surface area contributed by atoms with Crippen molar-refractivity contribution in [2.45, 2.75) is 32.2 Å². The smallest absolute Gasteiger partial charge is 0.295 e. The van der Waals surface area contributed by atoms with E-state index in [-0.39, 0.29) is 16.9 Å². The van der Waals surface area contributed by atoms with Crippen molar-refractivity contribution >= 4 is 17.4 Å². The lowest BCUT2D eigenvalue weighted by Crippen LogP contribution is -2.32. The summed E-state index contributed by atoms with van der Waals surface area (Å²) in [5, 5.41) is 11.5. The van der Waals surface area contributed by atoms with Crippen molar-refractivity contribution in [3.8, 4) is 11.5 Å². The molecule has 3 rings (SSSR count). The molecule has 182 valence electrons. The van der Waals surface area contributed by atoms with Gasteiger partial charge in [0.2, 0.25) is 0 Å². The van der Waals surface area contributed by atoms with E-state index in [0.29, 0.717) is 30.4 Å². The van der Waals surface area contributed by atoms with E-state index in [9.17, 15) is 14.7 Å². The number of amides is 1. The van der Waals surface area contributed by atoms with E-state index in [0.717, 1.165) is 17.7 Å². The van der Waals surface area contributed by atoms with Gasteiger partial charge in [0.1, 0.15) is 22.8 Å². The second-order valence-corrected chi connectivity index (χ2v) is 9.01. The van der Waals surface area contributed by atoms with E-state index in [1.165, 1.54) is 14.2 Å². The standard InChI is InChI=1S/C27H34N2O5/c1-17(2)18-11-13-19(14-12-18)24-23(26(31)27(32)29(24)16-8-15-28(3)4)25(30)22-20(33-5)9-7-10-21(22)34-6/h7,9-14,17,24,30H,8,15-16H2,1-6H3/b25-23+. The van der Waals surface area contributed by atoms with Crippen LogP contribution in [0.5, 0.6) is 11.5 Å². The Morgan fingerprint density at radius 1 is 1.03 bits per heavy atom. The maximum absolute atomic E-state index is 13.3. The first kappa shape index (κ1) is 25.3. The molecule has 1 N–H and O–H groups in total. The number of methoxy groups -OCH3 is 2. The predicted molar refractivity (Wildman–Crippen MR) is 132 cm³/mol. The largest absolute Gasteiger partial charge is 0.506 e. The first-order valence-electron chi connectivity index (χ1n) is 11.5. The highest BCUT2D eigenvalue weighted by Crippen LogP contribution is 2.43. The third-order valence-corrected chi connectivity index (χ3v) is 6.13. The predicted octanol–water partition coefficient (Wildman–Crippen LogP) is 4.20. The molecule has 0 aromatic heterocycles. The Hall–Kier alpha value is -3.32. The number of hydrogen-bond acceptors (Lipinski definition) is 6. The number of Topliss-reactive ketones (excluding diaryl/α,β-unsaturated/α-hetero) is 1. The van der Waals surface area contributed by atoms with E-state index in [4.69, 9.17) is 9.47 Å². The SMILES string of the molecule is COc1cccc(OC)c1/C(O)=C1\C(=O)C(=O)N(CCCN(C)C)C1c1ccc(C(C)C)cc1. The van der Waals surface area contributed by atoms with Gasteiger partial charge in [-0.05, 0) is 56.2 Å². The second kappa shape index (κ2) is 10.7. The van der Waals surface area contributed by atoms with Gasteiger partial charge in [0, 0.05) is 6.54 Å². The summed E-state index contributed by atoms with van der Waals surface area (Å²) in [6, 6.07) is 12.2. The fraction of sp³-hybridized carbons (Fsp3) is 0.407. The summed E-state index contributed by atoms with van der Waals surface area (Å²) in [7, 11) is 6.88. The summed E-state index contributed by atoms with van der Waals surface area (Å²) >= 11 is 0. The monoisotopic (exact) mass is 466 g/mol. The summed E-state index contributed by atoms with van der Waals surface area (Å²) in [5.41, 5.74) is 2.21. The zero-order valence-electron chi connectivity index (χ0n) is 20.8. The van der Waals surface area contributed by atoms with Gasteiger partial charge in [-0.25, -0.2) is 0 Å². The van der Waals surface area contributed by atoms with Crippen LogP contribution in [0, 0.1) is 0 Å². The van der Waals surface area contributed by atoms with Crippen molar-refractivity contribution < 1.29 is 24.2 Å². The number of carbonyl (C=O) groups is 2. The minimum atomic E-state index is -0.715. The zero-order chi connectivity index (χ0) is 25.0. The van der Waals surface area contributed by atoms with Crippen LogP contribution < -0.4 is 9.47 Å². The molecule has 34 heavy (non-hydrogen) atoms. The summed E-state index contributed by atoms with van der Waals surface area (Å²) in [4.78, 5) is 30.0. The number of nitrogens with zero attached hydrogens (tertiary/aromatic N) is 2. The molecule has 0 bridgehead atoms. The van der Waals surface area contributed by atoms with E-state index < -0.39 is 17.7 Å². The Balaban J connectivity index is 2.19. The molecule has 1 fully saturated rings. The third-order valence-electron chi connectivity index (χ3n) is 6.13. The Morgan fingerprint density at radius 3 is 2.12 bits per heavy atom. The van der Waals surface area contributed by atoms with Crippen molar-refractivity contribution in [2.24, 2.45) is 0 Å². The molecule has 0 spiro atoms. The number of likely N-dealkylation sites (tertiary alicyclic amines) is 1. The molecule has 1 aliphatic heterocycles. The van der Waals surface area contributed by atoms with E-state index in [1.54, 1.807) is 23.1 Å². The van der Waals surface area contributed by atoms with Crippen LogP contribution in [-0.4, -0.2) is 68.0 Å². The van der Waals surface area contributed by atoms with Crippen LogP contribution in [0.15, 0.2) is 48.0 Å². The lowest BCUT2D eigenvalue weighted by molar-refractivity contribution is -0.139. The summed E-state index contributed by atoms with van der Waals surface area (Å²) < 4.78 is 10.9. The zero-order valence-corrected chi connectivity index (χ0v) is 20.8. The molecule has 2 aromatic rings. The van der Waals surface area contributed by atoms with Crippen LogP contribution in [-0.2, 0) is 9.59 Å². The lowest BCUT2D eigenvalue weighted by atomic mass is 9.92. The average Bonchev–Trinajstić information content (AvgIpc) is 3.07. The molecule has 0 saturated carbocycles. The Bertz CT molecular complexity index is 1050. The van der Waals surface area contributed by atoms with E-state index >= 15 is 0 Å². The molecular weight excluding hydrogens is 432 g/mol. The Morgan fingerprint density at radius 2 is 1.62 bits per heavy atom. The minimum Gasteiger partial charge on any atom is -0.506 e. The average molecular weight is 467 g/mol. The highest BCUT2D eigenvalue weighted by atomic mass is 16.5. The minimum absolute atomic E-state index is 0.0370. The molecule has 0 aliphatic carbocycles. The normalized spacial score (nSPS) is 17.6. The topological polar surface area (TPSA) is 79.3 Å². The molecule has 7 heteroatoms. The first-order valence-corrected chi connectivity index (χ1v) is 11.5. The molecule has 7 nitrogen and oxygen atoms in total. The van der Waals surface area contributed by atoms with Crippen LogP contribution in [0.4, 0.5) is 0 Å². The number of rotatable bonds is 9. The van der Waals surface area contributed by atoms with Crippen molar-refractivity contribution in [3.05, 3.63) is 64.7 Å². The summed E-state index contributed by atoms with van der Waals surface area (Å²) in [6.07, 6.45) is 0.693. The summed E-state index contributed by atoms with van der Waals surface area (Å²) in [5.74, 6) is -0.589. The van der Waals surface area contributed by atoms with Crippen LogP contribution in [0.3, 0.4) is 0 Å². The molecule has 2 aromatic carbocycles.